The molecular formula is C29H41NO2S40. The van der Waals surface area contributed by atoms with E-state index in [9.17, 15) is 5.11 Å². The summed E-state index contributed by atoms with van der Waals surface area (Å²) in [6.07, 6.45) is 1.80. The summed E-state index contributed by atoms with van der Waals surface area (Å²) in [5, 5.41) is 19.4. The van der Waals surface area contributed by atoms with E-state index in [1.165, 1.54) is 46.6 Å². The normalized spacial score (nSPS) is 9.29. The zero-order chi connectivity index (χ0) is 53.7. The molecule has 0 radical (unpaired) electrons. The first-order chi connectivity index (χ1) is 34.8. The average molecular weight is 1720 g/mol. The van der Waals surface area contributed by atoms with Gasteiger partial charge in [0.2, 0.25) is 0 Å². The highest BCUT2D eigenvalue weighted by Gasteiger charge is 2.11. The minimum atomic E-state index is 0.102. The number of pyridine rings is 1. The van der Waals surface area contributed by atoms with Gasteiger partial charge in [-0.2, -0.15) is 12.6 Å². The number of aromatic nitrogens is 1. The minimum absolute atomic E-state index is 0.102. The van der Waals surface area contributed by atoms with Crippen LogP contribution in [0.15, 0.2) is 78.0 Å². The third kappa shape index (κ3) is 64.5. The van der Waals surface area contributed by atoms with Crippen LogP contribution < -0.4 is 0 Å². The molecule has 0 fully saturated rings. The van der Waals surface area contributed by atoms with Gasteiger partial charge in [0.1, 0.15) is 5.03 Å². The first-order valence-electron chi connectivity index (χ1n) is 17.5. The molecule has 2 aromatic carbocycles. The van der Waals surface area contributed by atoms with Crippen LogP contribution in [0.5, 0.6) is 0 Å². The molecule has 43 heteroatoms. The number of hydrogen-bond acceptors (Lipinski definition) is 12. The van der Waals surface area contributed by atoms with Crippen molar-refractivity contribution in [2.45, 2.75) is 80.8 Å². The van der Waals surface area contributed by atoms with E-state index >= 15 is 0 Å². The highest BCUT2D eigenvalue weighted by Crippen LogP contribution is 2.37. The maximum atomic E-state index is 9.21. The summed E-state index contributed by atoms with van der Waals surface area (Å²) >= 11 is 23.1. The predicted molar refractivity (Wildman–Crippen MR) is 431 cm³/mol. The number of aliphatic hydroxyl groups excluding tert-OH is 2. The van der Waals surface area contributed by atoms with Crippen molar-refractivity contribution in [3.63, 3.8) is 0 Å². The molecule has 0 unspecified atom stereocenters. The molecule has 72 heavy (non-hydrogen) atoms. The van der Waals surface area contributed by atoms with Gasteiger partial charge in [0.15, 0.2) is 0 Å². The fourth-order valence-electron chi connectivity index (χ4n) is 2.83. The van der Waals surface area contributed by atoms with E-state index in [1.807, 2.05) is 76.2 Å². The highest BCUT2D eigenvalue weighted by atomic mass is 33.5. The van der Waals surface area contributed by atoms with E-state index in [2.05, 4.69) is 71.3 Å². The van der Waals surface area contributed by atoms with Crippen LogP contribution in [0.4, 0.5) is 0 Å². The number of aliphatic hydroxyl groups is 2. The smallest absolute Gasteiger partial charge is 0.106 e. The lowest BCUT2D eigenvalue weighted by atomic mass is 10.1. The van der Waals surface area contributed by atoms with Crippen LogP contribution in [-0.2, 0) is 345 Å². The lowest BCUT2D eigenvalue weighted by molar-refractivity contribution is 0.280. The van der Waals surface area contributed by atoms with Gasteiger partial charge in [-0.1, -0.05) is 129 Å². The third-order valence-electron chi connectivity index (χ3n) is 4.90. The topological polar surface area (TPSA) is 53.4 Å². The van der Waals surface area contributed by atoms with E-state index in [0.29, 0.717) is 4.75 Å². The fourth-order valence-corrected chi connectivity index (χ4v) is 81.4. The molecule has 0 aliphatic rings. The Balaban J connectivity index is 0. The van der Waals surface area contributed by atoms with Gasteiger partial charge in [0.05, 0.1) is 13.2 Å². The van der Waals surface area contributed by atoms with E-state index in [-0.39, 0.29) is 18.0 Å². The number of nitrogens with zero attached hydrogens (tertiary/aromatic N) is 1. The minimum Gasteiger partial charge on any atom is -0.392 e. The largest absolute Gasteiger partial charge is 0.392 e. The third-order valence-corrected chi connectivity index (χ3v) is 74.8. The lowest BCUT2D eigenvalue weighted by Crippen LogP contribution is -2.04. The molecule has 3 nitrogen and oxygen atoms in total. The maximum Gasteiger partial charge on any atom is 0.106 e. The number of thiol groups is 1. The Morgan fingerprint density at radius 2 is 0.667 bits per heavy atom. The molecular weight excluding hydrogens is 1680 g/mol. The Hall–Kier alpha value is 6.96. The lowest BCUT2D eigenvalue weighted by Gasteiger charge is -2.16. The van der Waals surface area contributed by atoms with Crippen LogP contribution >= 0.6 is 55.8 Å². The summed E-state index contributed by atoms with van der Waals surface area (Å²) in [6.45, 7) is 13.0. The number of rotatable bonds is 9. The average Bonchev–Trinajstić information content (AvgIpc) is 3.36. The molecule has 1 heterocycles. The highest BCUT2D eigenvalue weighted by molar-refractivity contribution is 8.79. The van der Waals surface area contributed by atoms with E-state index in [1.54, 1.807) is 268 Å². The van der Waals surface area contributed by atoms with Crippen LogP contribution in [-0.4, -0.2) is 24.7 Å². The van der Waals surface area contributed by atoms with Crippen LogP contribution in [0, 0.1) is 0 Å². The summed E-state index contributed by atoms with van der Waals surface area (Å²) in [4.78, 5) is 4.25. The molecule has 0 amide bonds. The van der Waals surface area contributed by atoms with E-state index in [0.717, 1.165) is 27.7 Å². The van der Waals surface area contributed by atoms with Gasteiger partial charge in [-0.25, -0.2) is 4.98 Å². The SMILES string of the molecule is CC(C)(C)S.CC(C)(C)SSCc1ccccc1CO.OCc1ccccc1CSSc1ccccn1.S=S=S=S=S=S=S=S=S=S=S=S=S=S=S=S=S.S=S=S=S=S=S=S=S=S=S=S=S=S=S=S=S=S=S. The Bertz CT molecular complexity index is 3380. The first-order valence-corrected chi connectivity index (χ1v) is 66.6. The Kier molecular flexibility index (Phi) is 70.3. The van der Waals surface area contributed by atoms with Crippen molar-refractivity contribution in [1.82, 2.24) is 4.98 Å². The molecule has 414 valence electrons. The van der Waals surface area contributed by atoms with Gasteiger partial charge in [-0.15, -0.1) is 0 Å². The molecule has 2 N–H and O–H groups in total. The number of hydrogen-bond donors (Lipinski definition) is 3. The molecule has 0 saturated carbocycles. The molecule has 0 spiro atoms. The Morgan fingerprint density at radius 3 is 0.917 bits per heavy atom. The van der Waals surface area contributed by atoms with Crippen molar-refractivity contribution in [1.29, 1.82) is 0 Å². The monoisotopic (exact) mass is 1710 g/mol. The molecule has 1 aromatic heterocycles. The van der Waals surface area contributed by atoms with Crippen molar-refractivity contribution >= 4 is 376 Å². The summed E-state index contributed by atoms with van der Waals surface area (Å²) in [5.74, 6) is 1.83. The van der Waals surface area contributed by atoms with Crippen LogP contribution in [0.2, 0.25) is 0 Å². The molecule has 0 bridgehead atoms. The van der Waals surface area contributed by atoms with Gasteiger partial charge < -0.3 is 10.2 Å². The second kappa shape index (κ2) is 62.5. The van der Waals surface area contributed by atoms with Gasteiger partial charge >= 0.3 is 0 Å². The number of benzene rings is 2. The van der Waals surface area contributed by atoms with Crippen molar-refractivity contribution in [3.8, 4) is 0 Å². The molecule has 0 atom stereocenters. The second-order valence-electron chi connectivity index (χ2n) is 12.1. The summed E-state index contributed by atoms with van der Waals surface area (Å²) in [6, 6.07) is 21.9. The van der Waals surface area contributed by atoms with Gasteiger partial charge in [0, 0.05) is 347 Å². The van der Waals surface area contributed by atoms with Crippen molar-refractivity contribution in [2.75, 3.05) is 0 Å². The second-order valence-corrected chi connectivity index (χ2v) is 73.7. The van der Waals surface area contributed by atoms with Crippen LogP contribution in [0.3, 0.4) is 0 Å². The van der Waals surface area contributed by atoms with Crippen LogP contribution in [0.25, 0.3) is 0 Å². The van der Waals surface area contributed by atoms with E-state index < -0.39 is 0 Å². The predicted octanol–water partition coefficient (Wildman–Crippen LogP) is 9.00. The fraction of sp³-hybridized carbons (Fsp3) is 0.414. The Morgan fingerprint density at radius 1 is 0.403 bits per heavy atom. The molecule has 0 aliphatic heterocycles. The summed E-state index contributed by atoms with van der Waals surface area (Å²) < 4.78 is 0.485. The van der Waals surface area contributed by atoms with Crippen molar-refractivity contribution in [2.24, 2.45) is 0 Å². The van der Waals surface area contributed by atoms with Crippen molar-refractivity contribution in [3.05, 3.63) is 95.2 Å². The zero-order valence-electron chi connectivity index (χ0n) is 37.0. The van der Waals surface area contributed by atoms with Gasteiger partial charge in [-0.3, -0.25) is 0 Å². The first kappa shape index (κ1) is 81.0. The summed E-state index contributed by atoms with van der Waals surface area (Å²) in [5.41, 5.74) is 4.46. The van der Waals surface area contributed by atoms with E-state index in [4.69, 9.17) is 49.9 Å². The van der Waals surface area contributed by atoms with Gasteiger partial charge in [0.25, 0.3) is 0 Å². The standard InChI is InChI=1S/C13H13NOS2.C12H18OS2.C4H10S.S18.S17/c15-9-11-5-1-2-6-12(11)10-16-17-13-7-3-4-8-14-13;1-12(2,3)15-14-9-11-7-5-4-6-10(11)8-13;1-4(2,3)5;1-3-5-7-9-11-13-15-17-18-16-14-12-10-8-6-4-2;1-3-5-7-9-11-13-15-17-16-14-12-10-8-6-4-2/h1-8,15H,9-10H2;4-7,13H,8-9H2,1-3H3;5H,1-3H3;;. The zero-order valence-corrected chi connectivity index (χ0v) is 69.7. The Labute approximate surface area is 555 Å². The molecule has 0 aliphatic carbocycles. The molecule has 3 rings (SSSR count). The van der Waals surface area contributed by atoms with Crippen LogP contribution in [0.1, 0.15) is 63.8 Å². The molecule has 3 aromatic rings. The summed E-state index contributed by atoms with van der Waals surface area (Å²) in [7, 11) is 59.7. The van der Waals surface area contributed by atoms with Crippen molar-refractivity contribution < 1.29 is 10.2 Å². The maximum absolute atomic E-state index is 9.21. The quantitative estimate of drug-likeness (QED) is 0.142. The molecule has 0 saturated heterocycles. The van der Waals surface area contributed by atoms with Gasteiger partial charge in [-0.05, 0) is 45.2 Å².